The van der Waals surface area contributed by atoms with E-state index in [4.69, 9.17) is 0 Å². The summed E-state index contributed by atoms with van der Waals surface area (Å²) in [5, 5.41) is 11.3. The maximum Gasteiger partial charge on any atom is 0.323 e. The van der Waals surface area contributed by atoms with E-state index in [2.05, 4.69) is 15.5 Å². The molecule has 0 radical (unpaired) electrons. The van der Waals surface area contributed by atoms with Crippen molar-refractivity contribution in [2.45, 2.75) is 25.9 Å². The molecule has 0 aliphatic carbocycles. The Labute approximate surface area is 117 Å². The van der Waals surface area contributed by atoms with Gasteiger partial charge in [-0.1, -0.05) is 0 Å². The highest BCUT2D eigenvalue weighted by molar-refractivity contribution is 5.88. The number of hydrogen-bond acceptors (Lipinski definition) is 3. The molecule has 7 nitrogen and oxygen atoms in total. The maximum absolute atomic E-state index is 12.1. The molecule has 0 unspecified atom stereocenters. The number of urea groups is 1. The Kier molecular flexibility index (Phi) is 3.17. The number of nitrogens with one attached hydrogen (secondary N) is 1. The fourth-order valence-corrected chi connectivity index (χ4v) is 2.43. The fraction of sp³-hybridized carbons (Fsp3) is 0.462. The predicted octanol–water partition coefficient (Wildman–Crippen LogP) is 1.23. The predicted molar refractivity (Wildman–Crippen MR) is 74.2 cm³/mol. The summed E-state index contributed by atoms with van der Waals surface area (Å²) in [6.45, 7) is 1.46. The quantitative estimate of drug-likeness (QED) is 0.915. The van der Waals surface area contributed by atoms with Crippen LogP contribution in [0.4, 0.5) is 10.6 Å². The average molecular weight is 274 g/mol. The second-order valence-corrected chi connectivity index (χ2v) is 5.16. The van der Waals surface area contributed by atoms with Crippen LogP contribution >= 0.6 is 0 Å². The van der Waals surface area contributed by atoms with Gasteiger partial charge >= 0.3 is 6.03 Å². The van der Waals surface area contributed by atoms with E-state index < -0.39 is 0 Å². The van der Waals surface area contributed by atoms with E-state index in [1.165, 1.54) is 5.69 Å². The first-order chi connectivity index (χ1) is 9.61. The lowest BCUT2D eigenvalue weighted by Gasteiger charge is -2.16. The number of nitrogens with zero attached hydrogens (tertiary/aromatic N) is 5. The van der Waals surface area contributed by atoms with Crippen LogP contribution in [-0.2, 0) is 26.6 Å². The third kappa shape index (κ3) is 2.52. The zero-order valence-corrected chi connectivity index (χ0v) is 11.7. The first-order valence-electron chi connectivity index (χ1n) is 6.68. The van der Waals surface area contributed by atoms with Crippen molar-refractivity contribution in [1.29, 1.82) is 0 Å². The van der Waals surface area contributed by atoms with Crippen LogP contribution in [0, 0.1) is 0 Å². The highest BCUT2D eigenvalue weighted by Gasteiger charge is 2.16. The second kappa shape index (κ2) is 4.99. The molecule has 0 bridgehead atoms. The summed E-state index contributed by atoms with van der Waals surface area (Å²) in [6, 6.07) is 1.79. The molecular formula is C13H18N6O. The van der Waals surface area contributed by atoms with Crippen molar-refractivity contribution in [3.8, 4) is 0 Å². The van der Waals surface area contributed by atoms with Crippen LogP contribution in [0.15, 0.2) is 18.5 Å². The van der Waals surface area contributed by atoms with Gasteiger partial charge in [-0.2, -0.15) is 10.2 Å². The van der Waals surface area contributed by atoms with Crippen LogP contribution in [0.2, 0.25) is 0 Å². The van der Waals surface area contributed by atoms with Gasteiger partial charge in [-0.15, -0.1) is 0 Å². The summed E-state index contributed by atoms with van der Waals surface area (Å²) in [5.74, 6) is 0.628. The monoisotopic (exact) mass is 274 g/mol. The molecule has 2 aromatic heterocycles. The molecule has 0 saturated heterocycles. The van der Waals surface area contributed by atoms with Crippen molar-refractivity contribution in [3.63, 3.8) is 0 Å². The lowest BCUT2D eigenvalue weighted by Crippen LogP contribution is -2.30. The molecule has 7 heteroatoms. The van der Waals surface area contributed by atoms with Crippen molar-refractivity contribution >= 4 is 11.8 Å². The molecule has 0 spiro atoms. The van der Waals surface area contributed by atoms with Gasteiger partial charge < -0.3 is 4.90 Å². The van der Waals surface area contributed by atoms with Crippen molar-refractivity contribution in [3.05, 3.63) is 29.7 Å². The lowest BCUT2D eigenvalue weighted by molar-refractivity contribution is 0.220. The van der Waals surface area contributed by atoms with Crippen LogP contribution in [0.5, 0.6) is 0 Å². The molecule has 1 N–H and O–H groups in total. The Morgan fingerprint density at radius 3 is 3.10 bits per heavy atom. The van der Waals surface area contributed by atoms with Gasteiger partial charge in [0, 0.05) is 44.2 Å². The van der Waals surface area contributed by atoms with E-state index >= 15 is 0 Å². The molecule has 0 atom stereocenters. The Balaban J connectivity index is 1.60. The molecule has 0 aromatic carbocycles. The molecule has 3 heterocycles. The van der Waals surface area contributed by atoms with Gasteiger partial charge in [0.1, 0.15) is 0 Å². The molecule has 3 rings (SSSR count). The SMILES string of the molecule is CN(Cc1cnn(C)c1)C(=O)Nc1cc2n(n1)CCC2. The summed E-state index contributed by atoms with van der Waals surface area (Å²) >= 11 is 0. The zero-order chi connectivity index (χ0) is 14.1. The van der Waals surface area contributed by atoms with E-state index in [-0.39, 0.29) is 6.03 Å². The molecule has 1 aliphatic rings. The third-order valence-electron chi connectivity index (χ3n) is 3.43. The van der Waals surface area contributed by atoms with Gasteiger partial charge in [0.25, 0.3) is 0 Å². The van der Waals surface area contributed by atoms with Crippen LogP contribution in [0.1, 0.15) is 17.7 Å². The number of carbonyl (C=O) groups excluding carboxylic acids is 1. The van der Waals surface area contributed by atoms with Crippen LogP contribution in [0.3, 0.4) is 0 Å². The van der Waals surface area contributed by atoms with Gasteiger partial charge in [-0.25, -0.2) is 4.79 Å². The highest BCUT2D eigenvalue weighted by atomic mass is 16.2. The third-order valence-corrected chi connectivity index (χ3v) is 3.43. The Morgan fingerprint density at radius 1 is 1.55 bits per heavy atom. The summed E-state index contributed by atoms with van der Waals surface area (Å²) in [6.07, 6.45) is 5.83. The van der Waals surface area contributed by atoms with E-state index in [1.807, 2.05) is 24.0 Å². The standard InChI is InChI=1S/C13H18N6O/c1-17(8-10-7-14-18(2)9-10)13(20)15-12-6-11-4-3-5-19(11)16-12/h6-7,9H,3-5,8H2,1-2H3,(H,15,16,20). The summed E-state index contributed by atoms with van der Waals surface area (Å²) in [5.41, 5.74) is 2.19. The molecule has 0 saturated carbocycles. The number of rotatable bonds is 3. The van der Waals surface area contributed by atoms with Crippen molar-refractivity contribution in [1.82, 2.24) is 24.5 Å². The number of aryl methyl sites for hydroxylation is 3. The van der Waals surface area contributed by atoms with Crippen molar-refractivity contribution in [2.75, 3.05) is 12.4 Å². The Morgan fingerprint density at radius 2 is 2.40 bits per heavy atom. The summed E-state index contributed by atoms with van der Waals surface area (Å²) < 4.78 is 3.68. The van der Waals surface area contributed by atoms with Gasteiger partial charge in [0.15, 0.2) is 5.82 Å². The zero-order valence-electron chi connectivity index (χ0n) is 11.7. The van der Waals surface area contributed by atoms with E-state index in [0.717, 1.165) is 24.9 Å². The number of amides is 2. The largest absolute Gasteiger partial charge is 0.323 e. The molecular weight excluding hydrogens is 256 g/mol. The Hall–Kier alpha value is -2.31. The Bertz CT molecular complexity index is 607. The van der Waals surface area contributed by atoms with Gasteiger partial charge in [-0.3, -0.25) is 14.7 Å². The smallest absolute Gasteiger partial charge is 0.323 e. The van der Waals surface area contributed by atoms with E-state index in [0.29, 0.717) is 12.4 Å². The van der Waals surface area contributed by atoms with Gasteiger partial charge in [-0.05, 0) is 12.8 Å². The minimum Gasteiger partial charge on any atom is -0.323 e. The lowest BCUT2D eigenvalue weighted by atomic mass is 10.3. The minimum atomic E-state index is -0.161. The molecule has 106 valence electrons. The second-order valence-electron chi connectivity index (χ2n) is 5.16. The number of fused-ring (bicyclic) bond motifs is 1. The number of aromatic nitrogens is 4. The van der Waals surface area contributed by atoms with Gasteiger partial charge in [0.2, 0.25) is 0 Å². The normalized spacial score (nSPS) is 13.3. The minimum absolute atomic E-state index is 0.161. The first kappa shape index (κ1) is 12.7. The van der Waals surface area contributed by atoms with Crippen molar-refractivity contribution < 1.29 is 4.79 Å². The molecule has 20 heavy (non-hydrogen) atoms. The topological polar surface area (TPSA) is 68.0 Å². The number of hydrogen-bond donors (Lipinski definition) is 1. The highest BCUT2D eigenvalue weighted by Crippen LogP contribution is 2.18. The van der Waals surface area contributed by atoms with Crippen LogP contribution in [-0.4, -0.2) is 37.5 Å². The number of anilines is 1. The van der Waals surface area contributed by atoms with E-state index in [1.54, 1.807) is 22.8 Å². The van der Waals surface area contributed by atoms with Crippen LogP contribution < -0.4 is 5.32 Å². The summed E-state index contributed by atoms with van der Waals surface area (Å²) in [7, 11) is 3.61. The molecule has 1 aliphatic heterocycles. The average Bonchev–Trinajstić information content (AvgIpc) is 3.05. The van der Waals surface area contributed by atoms with Crippen LogP contribution in [0.25, 0.3) is 0 Å². The fourth-order valence-electron chi connectivity index (χ4n) is 2.43. The number of carbonyl (C=O) groups is 1. The molecule has 0 fully saturated rings. The van der Waals surface area contributed by atoms with Crippen molar-refractivity contribution in [2.24, 2.45) is 7.05 Å². The molecule has 2 aromatic rings. The molecule has 2 amide bonds. The maximum atomic E-state index is 12.1. The summed E-state index contributed by atoms with van der Waals surface area (Å²) in [4.78, 5) is 13.7. The van der Waals surface area contributed by atoms with E-state index in [9.17, 15) is 4.79 Å². The first-order valence-corrected chi connectivity index (χ1v) is 6.68. The van der Waals surface area contributed by atoms with Gasteiger partial charge in [0.05, 0.1) is 12.7 Å².